The quantitative estimate of drug-likeness (QED) is 0.294. The van der Waals surface area contributed by atoms with Crippen molar-refractivity contribution in [1.82, 2.24) is 25.3 Å². The van der Waals surface area contributed by atoms with Crippen molar-refractivity contribution in [3.63, 3.8) is 0 Å². The smallest absolute Gasteiger partial charge is 0.335 e. The maximum Gasteiger partial charge on any atom is 0.335 e. The summed E-state index contributed by atoms with van der Waals surface area (Å²) >= 11 is 0. The van der Waals surface area contributed by atoms with Crippen molar-refractivity contribution >= 4 is 28.2 Å². The Morgan fingerprint density at radius 2 is 1.79 bits per heavy atom. The second-order valence-electron chi connectivity index (χ2n) is 9.37. The summed E-state index contributed by atoms with van der Waals surface area (Å²) in [5, 5.41) is 27.1. The Bertz CT molecular complexity index is 1820. The topological polar surface area (TPSA) is 123 Å². The average molecular weight is 518 g/mol. The van der Waals surface area contributed by atoms with Crippen molar-refractivity contribution in [2.45, 2.75) is 19.4 Å². The van der Waals surface area contributed by atoms with Crippen LogP contribution in [0.4, 0.5) is 0 Å². The van der Waals surface area contributed by atoms with Gasteiger partial charge in [0.1, 0.15) is 11.8 Å². The molecule has 0 saturated carbocycles. The highest BCUT2D eigenvalue weighted by Gasteiger charge is 2.21. The second kappa shape index (κ2) is 9.86. The van der Waals surface area contributed by atoms with Gasteiger partial charge in [0.05, 0.1) is 29.1 Å². The highest BCUT2D eigenvalue weighted by atomic mass is 16.5. The molecule has 192 valence electrons. The largest absolute Gasteiger partial charge is 0.478 e. The maximum absolute atomic E-state index is 13.7. The zero-order chi connectivity index (χ0) is 26.9. The van der Waals surface area contributed by atoms with Crippen molar-refractivity contribution < 1.29 is 19.2 Å². The summed E-state index contributed by atoms with van der Waals surface area (Å²) in [7, 11) is 0. The first-order valence-electron chi connectivity index (χ1n) is 12.4. The molecule has 1 atom stereocenters. The number of pyridine rings is 1. The highest BCUT2D eigenvalue weighted by molar-refractivity contribution is 6.02. The highest BCUT2D eigenvalue weighted by Crippen LogP contribution is 2.27. The standard InChI is InChI=1S/C30H23N5O4/c1-18(20-8-10-22(11-9-20)30(37)38)32-29(36)26-14-24(25-15-31-39-17-25)16-35-28(26)27(33-34-35)13-19-6-7-21-4-2-3-5-23(21)12-19/h2-12,14-18H,13H2,1H3,(H,32,36)(H,37,38)/t18-/m0/s1. The second-order valence-corrected chi connectivity index (χ2v) is 9.37. The summed E-state index contributed by atoms with van der Waals surface area (Å²) in [6.07, 6.45) is 5.36. The van der Waals surface area contributed by atoms with Crippen molar-refractivity contribution in [3.05, 3.63) is 119 Å². The minimum Gasteiger partial charge on any atom is -0.478 e. The number of nitrogens with one attached hydrogen (secondary N) is 1. The van der Waals surface area contributed by atoms with Crippen molar-refractivity contribution in [1.29, 1.82) is 0 Å². The molecular formula is C30H23N5O4. The number of hydrogen-bond donors (Lipinski definition) is 2. The predicted octanol–water partition coefficient (Wildman–Crippen LogP) is 5.32. The molecule has 9 heteroatoms. The van der Waals surface area contributed by atoms with Crippen LogP contribution in [0.25, 0.3) is 27.4 Å². The van der Waals surface area contributed by atoms with Gasteiger partial charge in [-0.2, -0.15) is 0 Å². The van der Waals surface area contributed by atoms with Gasteiger partial charge in [0, 0.05) is 23.7 Å². The van der Waals surface area contributed by atoms with Crippen LogP contribution in [-0.2, 0) is 6.42 Å². The average Bonchev–Trinajstić information content (AvgIpc) is 3.63. The number of carbonyl (C=O) groups excluding carboxylic acids is 1. The number of benzene rings is 3. The molecule has 0 aliphatic heterocycles. The molecule has 39 heavy (non-hydrogen) atoms. The van der Waals surface area contributed by atoms with Gasteiger partial charge in [0.15, 0.2) is 0 Å². The summed E-state index contributed by atoms with van der Waals surface area (Å²) in [6.45, 7) is 1.85. The molecule has 1 amide bonds. The minimum absolute atomic E-state index is 0.184. The van der Waals surface area contributed by atoms with Crippen LogP contribution in [0.2, 0.25) is 0 Å². The molecule has 6 rings (SSSR count). The summed E-state index contributed by atoms with van der Waals surface area (Å²) < 4.78 is 6.62. The van der Waals surface area contributed by atoms with Crippen molar-refractivity contribution in [2.24, 2.45) is 0 Å². The number of fused-ring (bicyclic) bond motifs is 2. The van der Waals surface area contributed by atoms with E-state index >= 15 is 0 Å². The molecular weight excluding hydrogens is 494 g/mol. The predicted molar refractivity (Wildman–Crippen MR) is 145 cm³/mol. The van der Waals surface area contributed by atoms with Crippen LogP contribution in [0.3, 0.4) is 0 Å². The van der Waals surface area contributed by atoms with Gasteiger partial charge in [-0.05, 0) is 47.0 Å². The number of hydrogen-bond acceptors (Lipinski definition) is 6. The van der Waals surface area contributed by atoms with Gasteiger partial charge in [0.2, 0.25) is 0 Å². The Morgan fingerprint density at radius 3 is 2.54 bits per heavy atom. The Labute approximate surface area is 222 Å². The fourth-order valence-corrected chi connectivity index (χ4v) is 4.70. The van der Waals surface area contributed by atoms with E-state index in [1.165, 1.54) is 18.4 Å². The first kappa shape index (κ1) is 24.1. The molecule has 9 nitrogen and oxygen atoms in total. The van der Waals surface area contributed by atoms with Crippen LogP contribution in [0, 0.1) is 0 Å². The minimum atomic E-state index is -1.00. The van der Waals surface area contributed by atoms with Gasteiger partial charge >= 0.3 is 5.97 Å². The van der Waals surface area contributed by atoms with Gasteiger partial charge in [-0.1, -0.05) is 65.0 Å². The molecule has 0 aliphatic rings. The molecule has 0 aliphatic carbocycles. The van der Waals surface area contributed by atoms with Crippen molar-refractivity contribution in [3.8, 4) is 11.1 Å². The fourth-order valence-electron chi connectivity index (χ4n) is 4.70. The van der Waals surface area contributed by atoms with Gasteiger partial charge < -0.3 is 14.9 Å². The third-order valence-corrected chi connectivity index (χ3v) is 6.78. The maximum atomic E-state index is 13.7. The number of nitrogens with zero attached hydrogens (tertiary/aromatic N) is 4. The Morgan fingerprint density at radius 1 is 1.00 bits per heavy atom. The van der Waals surface area contributed by atoms with Crippen molar-refractivity contribution in [2.75, 3.05) is 0 Å². The first-order chi connectivity index (χ1) is 19.0. The SMILES string of the molecule is C[C@H](NC(=O)c1cc(-c2cnoc2)cn2nnc(Cc3ccc4ccccc4c3)c12)c1ccc(C(=O)O)cc1. The molecule has 0 spiro atoms. The van der Waals surface area contributed by atoms with Crippen LogP contribution in [0.1, 0.15) is 50.5 Å². The van der Waals surface area contributed by atoms with E-state index in [-0.39, 0.29) is 17.5 Å². The molecule has 2 N–H and O–H groups in total. The van der Waals surface area contributed by atoms with E-state index in [4.69, 9.17) is 4.52 Å². The zero-order valence-electron chi connectivity index (χ0n) is 20.9. The Hall–Kier alpha value is -5.31. The van der Waals surface area contributed by atoms with Crippen LogP contribution in [-0.4, -0.2) is 37.0 Å². The molecule has 3 aromatic heterocycles. The lowest BCUT2D eigenvalue weighted by Gasteiger charge is -2.16. The van der Waals surface area contributed by atoms with Gasteiger partial charge in [-0.3, -0.25) is 4.79 Å². The fraction of sp³-hybridized carbons (Fsp3) is 0.100. The monoisotopic (exact) mass is 517 g/mol. The van der Waals surface area contributed by atoms with E-state index in [9.17, 15) is 14.7 Å². The van der Waals surface area contributed by atoms with Gasteiger partial charge in [0.25, 0.3) is 5.91 Å². The summed E-state index contributed by atoms with van der Waals surface area (Å²) in [4.78, 5) is 24.9. The summed E-state index contributed by atoms with van der Waals surface area (Å²) in [6, 6.07) is 22.2. The normalized spacial score (nSPS) is 12.0. The summed E-state index contributed by atoms with van der Waals surface area (Å²) in [5.41, 5.74) is 5.11. The van der Waals surface area contributed by atoms with Crippen LogP contribution >= 0.6 is 0 Å². The number of carboxylic acid groups (broad SMARTS) is 1. The molecule has 6 aromatic rings. The molecule has 0 saturated heterocycles. The third kappa shape index (κ3) is 4.73. The summed E-state index contributed by atoms with van der Waals surface area (Å²) in [5.74, 6) is -1.31. The number of aromatic carboxylic acids is 1. The van der Waals surface area contributed by atoms with Crippen LogP contribution < -0.4 is 5.32 Å². The van der Waals surface area contributed by atoms with Gasteiger partial charge in [-0.15, -0.1) is 5.10 Å². The number of amides is 1. The lowest BCUT2D eigenvalue weighted by Crippen LogP contribution is -2.27. The molecule has 0 bridgehead atoms. The van der Waals surface area contributed by atoms with E-state index in [1.54, 1.807) is 35.1 Å². The molecule has 0 unspecified atom stereocenters. The Balaban J connectivity index is 1.38. The number of rotatable bonds is 7. The van der Waals surface area contributed by atoms with E-state index in [0.717, 1.165) is 21.9 Å². The van der Waals surface area contributed by atoms with E-state index in [0.29, 0.717) is 34.3 Å². The van der Waals surface area contributed by atoms with Crippen LogP contribution in [0.15, 0.2) is 96.0 Å². The molecule has 0 fully saturated rings. The molecule has 3 aromatic carbocycles. The molecule has 3 heterocycles. The number of aromatic nitrogens is 4. The van der Waals surface area contributed by atoms with E-state index in [1.807, 2.05) is 19.1 Å². The lowest BCUT2D eigenvalue weighted by molar-refractivity contribution is 0.0696. The first-order valence-corrected chi connectivity index (χ1v) is 12.4. The lowest BCUT2D eigenvalue weighted by atomic mass is 10.0. The number of carboxylic acids is 1. The van der Waals surface area contributed by atoms with Gasteiger partial charge in [-0.25, -0.2) is 9.31 Å². The third-order valence-electron chi connectivity index (χ3n) is 6.78. The van der Waals surface area contributed by atoms with E-state index in [2.05, 4.69) is 51.1 Å². The van der Waals surface area contributed by atoms with E-state index < -0.39 is 5.97 Å². The number of carbonyl (C=O) groups is 2. The Kier molecular flexibility index (Phi) is 6.08. The van der Waals surface area contributed by atoms with Crippen LogP contribution in [0.5, 0.6) is 0 Å². The zero-order valence-corrected chi connectivity index (χ0v) is 20.9. The molecule has 0 radical (unpaired) electrons.